The van der Waals surface area contributed by atoms with Crippen LogP contribution >= 0.6 is 0 Å². The molecule has 0 bridgehead atoms. The normalized spacial score (nSPS) is 19.1. The van der Waals surface area contributed by atoms with Crippen LogP contribution in [0.15, 0.2) is 6.20 Å². The van der Waals surface area contributed by atoms with E-state index in [1.807, 2.05) is 0 Å². The number of rotatable bonds is 4. The monoisotopic (exact) mass is 292 g/mol. The fourth-order valence-corrected chi connectivity index (χ4v) is 2.73. The smallest absolute Gasteiger partial charge is 0.322 e. The van der Waals surface area contributed by atoms with Gasteiger partial charge in [0.1, 0.15) is 0 Å². The zero-order valence-electron chi connectivity index (χ0n) is 12.8. The molecule has 1 N–H and O–H groups in total. The molecule has 1 aromatic rings. The summed E-state index contributed by atoms with van der Waals surface area (Å²) in [6, 6.07) is -0.0377. The van der Waals surface area contributed by atoms with Crippen LogP contribution in [0, 0.1) is 5.92 Å². The summed E-state index contributed by atoms with van der Waals surface area (Å²) >= 11 is 0. The highest BCUT2D eigenvalue weighted by molar-refractivity contribution is 5.90. The van der Waals surface area contributed by atoms with Crippen LogP contribution in [0.3, 0.4) is 0 Å². The number of aromatic nitrogens is 2. The van der Waals surface area contributed by atoms with E-state index in [1.165, 1.54) is 18.5 Å². The van der Waals surface area contributed by atoms with Gasteiger partial charge in [0.15, 0.2) is 0 Å². The zero-order valence-corrected chi connectivity index (χ0v) is 12.8. The molecule has 0 unspecified atom stereocenters. The van der Waals surface area contributed by atoms with Crippen LogP contribution in [-0.2, 0) is 11.3 Å². The van der Waals surface area contributed by atoms with Gasteiger partial charge in [0.05, 0.1) is 30.8 Å². The Kier molecular flexibility index (Phi) is 4.14. The standard InChI is InChI=1S/C15H24N4O2/c1-11(2)10-19-14(12-3-4-12)13(9-16-19)17-15(20)18-5-7-21-8-6-18/h9,11-12H,3-8,10H2,1-2H3,(H,17,20). The molecule has 21 heavy (non-hydrogen) atoms. The van der Waals surface area contributed by atoms with E-state index >= 15 is 0 Å². The molecular formula is C15H24N4O2. The Labute approximate surface area is 125 Å². The van der Waals surface area contributed by atoms with E-state index < -0.39 is 0 Å². The van der Waals surface area contributed by atoms with Gasteiger partial charge in [-0.1, -0.05) is 13.8 Å². The van der Waals surface area contributed by atoms with Crippen LogP contribution in [-0.4, -0.2) is 47.0 Å². The van der Waals surface area contributed by atoms with Crippen LogP contribution in [0.4, 0.5) is 10.5 Å². The first-order valence-electron chi connectivity index (χ1n) is 7.84. The second-order valence-corrected chi connectivity index (χ2v) is 6.32. The van der Waals surface area contributed by atoms with E-state index in [4.69, 9.17) is 4.74 Å². The van der Waals surface area contributed by atoms with Crippen molar-refractivity contribution in [3.8, 4) is 0 Å². The molecule has 2 fully saturated rings. The first-order chi connectivity index (χ1) is 10.1. The lowest BCUT2D eigenvalue weighted by molar-refractivity contribution is 0.0564. The molecule has 1 aromatic heterocycles. The Morgan fingerprint density at radius 3 is 2.76 bits per heavy atom. The summed E-state index contributed by atoms with van der Waals surface area (Å²) in [6.07, 6.45) is 4.20. The molecule has 6 nitrogen and oxygen atoms in total. The van der Waals surface area contributed by atoms with E-state index in [9.17, 15) is 4.79 Å². The summed E-state index contributed by atoms with van der Waals surface area (Å²) in [7, 11) is 0. The Hall–Kier alpha value is -1.56. The largest absolute Gasteiger partial charge is 0.378 e. The predicted molar refractivity (Wildman–Crippen MR) is 80.5 cm³/mol. The summed E-state index contributed by atoms with van der Waals surface area (Å²) in [5.74, 6) is 1.11. The van der Waals surface area contributed by atoms with Crippen molar-refractivity contribution in [2.45, 2.75) is 39.2 Å². The van der Waals surface area contributed by atoms with Gasteiger partial charge in [0, 0.05) is 25.6 Å². The van der Waals surface area contributed by atoms with Gasteiger partial charge >= 0.3 is 6.03 Å². The summed E-state index contributed by atoms with van der Waals surface area (Å²) in [4.78, 5) is 14.1. The molecule has 1 saturated carbocycles. The lowest BCUT2D eigenvalue weighted by Crippen LogP contribution is -2.43. The third-order valence-corrected chi connectivity index (χ3v) is 3.92. The maximum absolute atomic E-state index is 12.3. The van der Waals surface area contributed by atoms with Crippen molar-refractivity contribution in [1.82, 2.24) is 14.7 Å². The Bertz CT molecular complexity index is 502. The first-order valence-corrected chi connectivity index (χ1v) is 7.84. The predicted octanol–water partition coefficient (Wildman–Crippen LogP) is 2.28. The van der Waals surface area contributed by atoms with Crippen molar-refractivity contribution in [3.05, 3.63) is 11.9 Å². The van der Waals surface area contributed by atoms with Gasteiger partial charge in [-0.2, -0.15) is 5.10 Å². The molecular weight excluding hydrogens is 268 g/mol. The second kappa shape index (κ2) is 6.05. The van der Waals surface area contributed by atoms with Crippen molar-refractivity contribution >= 4 is 11.7 Å². The quantitative estimate of drug-likeness (QED) is 0.926. The number of carbonyl (C=O) groups excluding carboxylic acids is 1. The second-order valence-electron chi connectivity index (χ2n) is 6.32. The average molecular weight is 292 g/mol. The zero-order chi connectivity index (χ0) is 14.8. The van der Waals surface area contributed by atoms with E-state index in [-0.39, 0.29) is 6.03 Å². The van der Waals surface area contributed by atoms with Crippen LogP contribution in [0.2, 0.25) is 0 Å². The minimum atomic E-state index is -0.0377. The molecule has 2 aliphatic rings. The number of ether oxygens (including phenoxy) is 1. The van der Waals surface area contributed by atoms with E-state index in [0.29, 0.717) is 38.1 Å². The van der Waals surface area contributed by atoms with Crippen molar-refractivity contribution in [2.75, 3.05) is 31.6 Å². The molecule has 116 valence electrons. The Balaban J connectivity index is 1.72. The highest BCUT2D eigenvalue weighted by Crippen LogP contribution is 2.43. The van der Waals surface area contributed by atoms with Crippen LogP contribution in [0.25, 0.3) is 0 Å². The molecule has 2 amide bonds. The molecule has 0 spiro atoms. The number of urea groups is 1. The third kappa shape index (κ3) is 3.37. The molecule has 1 aliphatic heterocycles. The molecule has 3 rings (SSSR count). The van der Waals surface area contributed by atoms with Crippen LogP contribution in [0.5, 0.6) is 0 Å². The van der Waals surface area contributed by atoms with Crippen molar-refractivity contribution in [2.24, 2.45) is 5.92 Å². The number of hydrogen-bond acceptors (Lipinski definition) is 3. The number of morpholine rings is 1. The maximum atomic E-state index is 12.3. The highest BCUT2D eigenvalue weighted by Gasteiger charge is 2.31. The van der Waals surface area contributed by atoms with Crippen LogP contribution < -0.4 is 5.32 Å². The van der Waals surface area contributed by atoms with Crippen molar-refractivity contribution in [1.29, 1.82) is 0 Å². The van der Waals surface area contributed by atoms with Crippen molar-refractivity contribution < 1.29 is 9.53 Å². The SMILES string of the molecule is CC(C)Cn1ncc(NC(=O)N2CCOCC2)c1C1CC1. The minimum absolute atomic E-state index is 0.0377. The number of amides is 2. The third-order valence-electron chi connectivity index (χ3n) is 3.92. The topological polar surface area (TPSA) is 59.4 Å². The molecule has 0 radical (unpaired) electrons. The number of hydrogen-bond donors (Lipinski definition) is 1. The summed E-state index contributed by atoms with van der Waals surface area (Å²) in [5.41, 5.74) is 2.08. The summed E-state index contributed by atoms with van der Waals surface area (Å²) in [5, 5.41) is 7.52. The van der Waals surface area contributed by atoms with Gasteiger partial charge < -0.3 is 15.0 Å². The van der Waals surface area contributed by atoms with Crippen LogP contribution in [0.1, 0.15) is 38.3 Å². The number of nitrogens with zero attached hydrogens (tertiary/aromatic N) is 3. The number of nitrogens with one attached hydrogen (secondary N) is 1. The van der Waals surface area contributed by atoms with Gasteiger partial charge in [-0.3, -0.25) is 4.68 Å². The summed E-state index contributed by atoms with van der Waals surface area (Å²) in [6.45, 7) is 7.83. The highest BCUT2D eigenvalue weighted by atomic mass is 16.5. The van der Waals surface area contributed by atoms with E-state index in [2.05, 4.69) is 28.9 Å². The van der Waals surface area contributed by atoms with E-state index in [1.54, 1.807) is 11.1 Å². The number of carbonyl (C=O) groups is 1. The lowest BCUT2D eigenvalue weighted by atomic mass is 10.2. The van der Waals surface area contributed by atoms with Crippen molar-refractivity contribution in [3.63, 3.8) is 0 Å². The van der Waals surface area contributed by atoms with Gasteiger partial charge in [0.2, 0.25) is 0 Å². The Morgan fingerprint density at radius 2 is 2.14 bits per heavy atom. The number of anilines is 1. The van der Waals surface area contributed by atoms with Gasteiger partial charge in [-0.05, 0) is 18.8 Å². The molecule has 0 aromatic carbocycles. The molecule has 6 heteroatoms. The lowest BCUT2D eigenvalue weighted by Gasteiger charge is -2.26. The average Bonchev–Trinajstić information content (AvgIpc) is 3.23. The minimum Gasteiger partial charge on any atom is -0.378 e. The molecule has 1 saturated heterocycles. The molecule has 0 atom stereocenters. The maximum Gasteiger partial charge on any atom is 0.322 e. The van der Waals surface area contributed by atoms with Gasteiger partial charge in [-0.15, -0.1) is 0 Å². The van der Waals surface area contributed by atoms with Gasteiger partial charge in [-0.25, -0.2) is 4.79 Å². The van der Waals surface area contributed by atoms with Gasteiger partial charge in [0.25, 0.3) is 0 Å². The summed E-state index contributed by atoms with van der Waals surface area (Å²) < 4.78 is 7.35. The Morgan fingerprint density at radius 1 is 1.43 bits per heavy atom. The molecule has 1 aliphatic carbocycles. The fraction of sp³-hybridized carbons (Fsp3) is 0.733. The first kappa shape index (κ1) is 14.4. The van der Waals surface area contributed by atoms with E-state index in [0.717, 1.165) is 12.2 Å². The fourth-order valence-electron chi connectivity index (χ4n) is 2.73. The molecule has 2 heterocycles.